The minimum atomic E-state index is -1.07. The maximum atomic E-state index is 5.67. The summed E-state index contributed by atoms with van der Waals surface area (Å²) in [6.07, 6.45) is 9.17. The van der Waals surface area contributed by atoms with Gasteiger partial charge < -0.3 is 0 Å². The zero-order valence-electron chi connectivity index (χ0n) is 9.25. The fraction of sp³-hybridized carbons (Fsp3) is 1.00. The van der Waals surface area contributed by atoms with E-state index in [1.165, 1.54) is 32.1 Å². The molecule has 1 atom stereocenters. The lowest BCUT2D eigenvalue weighted by Gasteiger charge is -2.12. The van der Waals surface area contributed by atoms with Gasteiger partial charge in [-0.2, -0.15) is 0 Å². The topological polar surface area (TPSA) is 0 Å². The molecule has 92 valence electrons. The summed E-state index contributed by atoms with van der Waals surface area (Å²) < 4.78 is -1.07. The van der Waals surface area contributed by atoms with Crippen LogP contribution in [-0.4, -0.2) is 8.62 Å². The molecular formula is C11H20BrCl3. The zero-order valence-corrected chi connectivity index (χ0v) is 13.1. The summed E-state index contributed by atoms with van der Waals surface area (Å²) in [4.78, 5) is 0.638. The standard InChI is InChI=1S/C11H20BrCl3/c1-2-3-4-7-10(12)8-5-6-9-11(13,14)15/h10H,2-9H2,1H3. The molecule has 0 heterocycles. The van der Waals surface area contributed by atoms with Crippen molar-refractivity contribution in [3.8, 4) is 0 Å². The molecule has 0 aromatic rings. The number of halogens is 4. The zero-order chi connectivity index (χ0) is 11.7. The van der Waals surface area contributed by atoms with E-state index in [1.54, 1.807) is 0 Å². The van der Waals surface area contributed by atoms with E-state index in [4.69, 9.17) is 34.8 Å². The predicted octanol–water partition coefficient (Wildman–Crippen LogP) is 6.26. The monoisotopic (exact) mass is 336 g/mol. The number of rotatable bonds is 8. The Morgan fingerprint density at radius 3 is 2.00 bits per heavy atom. The average Bonchev–Trinajstić information content (AvgIpc) is 2.11. The third-order valence-corrected chi connectivity index (χ3v) is 3.83. The molecule has 0 amide bonds. The van der Waals surface area contributed by atoms with E-state index in [9.17, 15) is 0 Å². The second-order valence-electron chi connectivity index (χ2n) is 3.95. The molecule has 0 spiro atoms. The molecule has 1 unspecified atom stereocenters. The van der Waals surface area contributed by atoms with Crippen LogP contribution in [0.15, 0.2) is 0 Å². The molecule has 0 aliphatic carbocycles. The van der Waals surface area contributed by atoms with Crippen molar-refractivity contribution >= 4 is 50.7 Å². The molecule has 0 radical (unpaired) electrons. The normalized spacial score (nSPS) is 14.2. The third-order valence-electron chi connectivity index (χ3n) is 2.35. The first-order valence-electron chi connectivity index (χ1n) is 5.66. The predicted molar refractivity (Wildman–Crippen MR) is 75.6 cm³/mol. The van der Waals surface area contributed by atoms with Crippen molar-refractivity contribution in [1.29, 1.82) is 0 Å². The average molecular weight is 339 g/mol. The van der Waals surface area contributed by atoms with Gasteiger partial charge in [0.2, 0.25) is 0 Å². The van der Waals surface area contributed by atoms with Crippen molar-refractivity contribution in [3.63, 3.8) is 0 Å². The SMILES string of the molecule is CCCCCC(Br)CCCCC(Cl)(Cl)Cl. The fourth-order valence-corrected chi connectivity index (χ4v) is 2.50. The van der Waals surface area contributed by atoms with Crippen LogP contribution in [0.4, 0.5) is 0 Å². The van der Waals surface area contributed by atoms with Crippen molar-refractivity contribution in [2.45, 2.75) is 66.9 Å². The van der Waals surface area contributed by atoms with E-state index in [0.717, 1.165) is 12.8 Å². The highest BCUT2D eigenvalue weighted by Crippen LogP contribution is 2.32. The lowest BCUT2D eigenvalue weighted by Crippen LogP contribution is -2.03. The van der Waals surface area contributed by atoms with Crippen molar-refractivity contribution < 1.29 is 0 Å². The molecule has 0 aromatic carbocycles. The van der Waals surface area contributed by atoms with Crippen molar-refractivity contribution in [2.24, 2.45) is 0 Å². The summed E-state index contributed by atoms with van der Waals surface area (Å²) in [5.74, 6) is 0. The first-order chi connectivity index (χ1) is 6.95. The Morgan fingerprint density at radius 1 is 1.00 bits per heavy atom. The molecule has 0 saturated heterocycles. The number of alkyl halides is 4. The van der Waals surface area contributed by atoms with Crippen LogP contribution in [0.1, 0.15) is 58.3 Å². The van der Waals surface area contributed by atoms with Gasteiger partial charge >= 0.3 is 0 Å². The molecule has 4 heteroatoms. The first-order valence-corrected chi connectivity index (χ1v) is 7.71. The van der Waals surface area contributed by atoms with Crippen LogP contribution in [0.2, 0.25) is 0 Å². The van der Waals surface area contributed by atoms with Gasteiger partial charge in [0.1, 0.15) is 0 Å². The van der Waals surface area contributed by atoms with Gasteiger partial charge in [0.15, 0.2) is 3.79 Å². The molecule has 0 N–H and O–H groups in total. The van der Waals surface area contributed by atoms with Gasteiger partial charge in [-0.05, 0) is 25.7 Å². The van der Waals surface area contributed by atoms with Gasteiger partial charge in [-0.15, -0.1) is 0 Å². The van der Waals surface area contributed by atoms with E-state index < -0.39 is 3.79 Å². The van der Waals surface area contributed by atoms with Crippen molar-refractivity contribution in [1.82, 2.24) is 0 Å². The maximum Gasteiger partial charge on any atom is 0.190 e. The lowest BCUT2D eigenvalue weighted by atomic mass is 10.1. The Labute approximate surface area is 117 Å². The Hall–Kier alpha value is 1.35. The molecule has 0 saturated carbocycles. The molecule has 0 nitrogen and oxygen atoms in total. The highest BCUT2D eigenvalue weighted by Gasteiger charge is 2.18. The highest BCUT2D eigenvalue weighted by molar-refractivity contribution is 9.09. The summed E-state index contributed by atoms with van der Waals surface area (Å²) in [6, 6.07) is 0. The molecule has 0 aromatic heterocycles. The number of unbranched alkanes of at least 4 members (excludes halogenated alkanes) is 3. The maximum absolute atomic E-state index is 5.67. The number of hydrogen-bond acceptors (Lipinski definition) is 0. The second kappa shape index (κ2) is 9.39. The Kier molecular flexibility index (Phi) is 10.2. The van der Waals surface area contributed by atoms with Gasteiger partial charge in [0.05, 0.1) is 0 Å². The molecule has 0 rings (SSSR count). The molecule has 0 bridgehead atoms. The quantitative estimate of drug-likeness (QED) is 0.362. The van der Waals surface area contributed by atoms with Crippen LogP contribution in [0, 0.1) is 0 Å². The second-order valence-corrected chi connectivity index (χ2v) is 7.77. The fourth-order valence-electron chi connectivity index (χ4n) is 1.45. The van der Waals surface area contributed by atoms with E-state index >= 15 is 0 Å². The summed E-state index contributed by atoms with van der Waals surface area (Å²) in [5, 5.41) is 0. The summed E-state index contributed by atoms with van der Waals surface area (Å²) >= 11 is 20.7. The summed E-state index contributed by atoms with van der Waals surface area (Å²) in [5.41, 5.74) is 0. The number of hydrogen-bond donors (Lipinski definition) is 0. The van der Waals surface area contributed by atoms with Crippen LogP contribution in [-0.2, 0) is 0 Å². The minimum absolute atomic E-state index is 0.638. The van der Waals surface area contributed by atoms with E-state index in [1.807, 2.05) is 0 Å². The Balaban J connectivity index is 3.27. The van der Waals surface area contributed by atoms with Gasteiger partial charge in [0, 0.05) is 4.83 Å². The van der Waals surface area contributed by atoms with Crippen molar-refractivity contribution in [3.05, 3.63) is 0 Å². The van der Waals surface area contributed by atoms with Crippen LogP contribution in [0.3, 0.4) is 0 Å². The summed E-state index contributed by atoms with van der Waals surface area (Å²) in [6.45, 7) is 2.23. The van der Waals surface area contributed by atoms with E-state index in [2.05, 4.69) is 22.9 Å². The van der Waals surface area contributed by atoms with Crippen LogP contribution in [0.25, 0.3) is 0 Å². The van der Waals surface area contributed by atoms with Gasteiger partial charge in [-0.3, -0.25) is 0 Å². The Bertz CT molecular complexity index is 145. The van der Waals surface area contributed by atoms with Gasteiger partial charge in [0.25, 0.3) is 0 Å². The molecule has 0 aliphatic rings. The first kappa shape index (κ1) is 16.4. The molecule has 0 fully saturated rings. The lowest BCUT2D eigenvalue weighted by molar-refractivity contribution is 0.583. The van der Waals surface area contributed by atoms with Gasteiger partial charge in [-0.1, -0.05) is 83.3 Å². The van der Waals surface area contributed by atoms with E-state index in [-0.39, 0.29) is 0 Å². The van der Waals surface area contributed by atoms with Gasteiger partial charge in [-0.25, -0.2) is 0 Å². The smallest absolute Gasteiger partial charge is 0.0891 e. The minimum Gasteiger partial charge on any atom is -0.0891 e. The van der Waals surface area contributed by atoms with Crippen LogP contribution >= 0.6 is 50.7 Å². The third kappa shape index (κ3) is 13.3. The van der Waals surface area contributed by atoms with Crippen LogP contribution < -0.4 is 0 Å². The van der Waals surface area contributed by atoms with Crippen molar-refractivity contribution in [2.75, 3.05) is 0 Å². The Morgan fingerprint density at radius 2 is 1.53 bits per heavy atom. The highest BCUT2D eigenvalue weighted by atomic mass is 79.9. The largest absolute Gasteiger partial charge is 0.190 e. The molecule has 0 aliphatic heterocycles. The van der Waals surface area contributed by atoms with E-state index in [0.29, 0.717) is 11.2 Å². The summed E-state index contributed by atoms with van der Waals surface area (Å²) in [7, 11) is 0. The molecular weight excluding hydrogens is 318 g/mol. The van der Waals surface area contributed by atoms with Crippen LogP contribution in [0.5, 0.6) is 0 Å². The molecule has 15 heavy (non-hydrogen) atoms.